The summed E-state index contributed by atoms with van der Waals surface area (Å²) in [5.74, 6) is 1.92. The molecule has 0 aliphatic heterocycles. The van der Waals surface area contributed by atoms with E-state index in [2.05, 4.69) is 139 Å². The average molecular weight is 773 g/mol. The predicted molar refractivity (Wildman–Crippen MR) is 247 cm³/mol. The monoisotopic (exact) mass is 772 g/mol. The van der Waals surface area contributed by atoms with E-state index >= 15 is 0 Å². The van der Waals surface area contributed by atoms with Crippen molar-refractivity contribution in [3.05, 3.63) is 194 Å². The van der Waals surface area contributed by atoms with E-state index in [-0.39, 0.29) is 0 Å². The molecule has 0 spiro atoms. The van der Waals surface area contributed by atoms with Gasteiger partial charge in [0.2, 0.25) is 0 Å². The Morgan fingerprint density at radius 2 is 0.933 bits per heavy atom. The lowest BCUT2D eigenvalue weighted by Gasteiger charge is -2.12. The summed E-state index contributed by atoms with van der Waals surface area (Å²) in [6.07, 6.45) is 3.44. The summed E-state index contributed by atoms with van der Waals surface area (Å²) in [7, 11) is 0. The maximum atomic E-state index is 6.49. The molecule has 5 heteroatoms. The van der Waals surface area contributed by atoms with Crippen LogP contribution in [-0.2, 0) is 6.42 Å². The molecule has 8 aromatic carbocycles. The van der Waals surface area contributed by atoms with E-state index in [0.717, 1.165) is 78.6 Å². The van der Waals surface area contributed by atoms with Crippen molar-refractivity contribution in [1.29, 1.82) is 0 Å². The third kappa shape index (κ3) is 6.41. The van der Waals surface area contributed by atoms with Gasteiger partial charge >= 0.3 is 0 Å². The van der Waals surface area contributed by atoms with Crippen molar-refractivity contribution in [2.75, 3.05) is 0 Å². The Balaban J connectivity index is 0.993. The number of aryl methyl sites for hydroxylation is 1. The molecule has 0 aliphatic carbocycles. The van der Waals surface area contributed by atoms with Gasteiger partial charge < -0.3 is 8.98 Å². The molecule has 11 aromatic rings. The van der Waals surface area contributed by atoms with Crippen molar-refractivity contribution in [3.8, 4) is 62.1 Å². The molecule has 0 radical (unpaired) electrons. The Labute approximate surface area is 348 Å². The highest BCUT2D eigenvalue weighted by Crippen LogP contribution is 2.38. The molecule has 5 nitrogen and oxygen atoms in total. The fourth-order valence-electron chi connectivity index (χ4n) is 8.57. The van der Waals surface area contributed by atoms with Crippen molar-refractivity contribution < 1.29 is 4.42 Å². The SMILES string of the molecule is CCCCc1ccc2c(c1)oc1cc(-c3ccc4c5ccccc5n(-c5cccc(-c6cccc(-c7nc(-c8ccccc8)nc(-c8ccccc8)n7)c6)c5)c4c3)ccc12. The zero-order chi connectivity index (χ0) is 40.0. The minimum Gasteiger partial charge on any atom is -0.456 e. The zero-order valence-electron chi connectivity index (χ0n) is 33.2. The Morgan fingerprint density at radius 1 is 0.400 bits per heavy atom. The lowest BCUT2D eigenvalue weighted by atomic mass is 10.0. The minimum absolute atomic E-state index is 0.633. The second kappa shape index (κ2) is 14.9. The normalized spacial score (nSPS) is 11.6. The van der Waals surface area contributed by atoms with Crippen LogP contribution in [0.5, 0.6) is 0 Å². The van der Waals surface area contributed by atoms with Gasteiger partial charge in [-0.2, -0.15) is 0 Å². The predicted octanol–water partition coefficient (Wildman–Crippen LogP) is 14.5. The van der Waals surface area contributed by atoms with Gasteiger partial charge in [0.25, 0.3) is 0 Å². The van der Waals surface area contributed by atoms with Crippen molar-refractivity contribution in [3.63, 3.8) is 0 Å². The van der Waals surface area contributed by atoms with Gasteiger partial charge in [-0.3, -0.25) is 0 Å². The van der Waals surface area contributed by atoms with E-state index in [1.54, 1.807) is 0 Å². The van der Waals surface area contributed by atoms with Gasteiger partial charge in [-0.05, 0) is 89.2 Å². The molecule has 60 heavy (non-hydrogen) atoms. The van der Waals surface area contributed by atoms with Gasteiger partial charge in [0.05, 0.1) is 11.0 Å². The molecular weight excluding hydrogens is 733 g/mol. The molecule has 0 N–H and O–H groups in total. The number of nitrogens with zero attached hydrogens (tertiary/aromatic N) is 4. The van der Waals surface area contributed by atoms with Crippen LogP contribution in [0.2, 0.25) is 0 Å². The third-order valence-electron chi connectivity index (χ3n) is 11.6. The summed E-state index contributed by atoms with van der Waals surface area (Å²) in [5.41, 5.74) is 13.9. The largest absolute Gasteiger partial charge is 0.456 e. The average Bonchev–Trinajstić information content (AvgIpc) is 3.86. The number of rotatable bonds is 9. The number of aromatic nitrogens is 4. The van der Waals surface area contributed by atoms with Crippen LogP contribution in [0.1, 0.15) is 25.3 Å². The summed E-state index contributed by atoms with van der Waals surface area (Å²) in [5, 5.41) is 4.75. The number of unbranched alkanes of at least 4 members (excludes halogenated alkanes) is 1. The number of para-hydroxylation sites is 1. The zero-order valence-corrected chi connectivity index (χ0v) is 33.2. The van der Waals surface area contributed by atoms with Gasteiger partial charge in [-0.1, -0.05) is 153 Å². The Bertz CT molecular complexity index is 3310. The molecule has 0 unspecified atom stereocenters. The molecule has 0 saturated carbocycles. The molecular formula is C55H40N4O. The second-order valence-electron chi connectivity index (χ2n) is 15.5. The molecule has 0 amide bonds. The Hall–Kier alpha value is -7.63. The molecule has 11 rings (SSSR count). The summed E-state index contributed by atoms with van der Waals surface area (Å²) in [6.45, 7) is 2.23. The highest BCUT2D eigenvalue weighted by molar-refractivity contribution is 6.11. The smallest absolute Gasteiger partial charge is 0.164 e. The van der Waals surface area contributed by atoms with Crippen molar-refractivity contribution in [2.45, 2.75) is 26.2 Å². The van der Waals surface area contributed by atoms with Crippen LogP contribution < -0.4 is 0 Å². The van der Waals surface area contributed by atoms with Crippen LogP contribution in [0.25, 0.3) is 106 Å². The maximum absolute atomic E-state index is 6.49. The van der Waals surface area contributed by atoms with Crippen LogP contribution in [0, 0.1) is 0 Å². The molecule has 0 saturated heterocycles. The summed E-state index contributed by atoms with van der Waals surface area (Å²) in [6, 6.07) is 66.3. The summed E-state index contributed by atoms with van der Waals surface area (Å²) >= 11 is 0. The minimum atomic E-state index is 0.633. The lowest BCUT2D eigenvalue weighted by molar-refractivity contribution is 0.667. The highest BCUT2D eigenvalue weighted by atomic mass is 16.3. The molecule has 0 atom stereocenters. The highest BCUT2D eigenvalue weighted by Gasteiger charge is 2.17. The second-order valence-corrected chi connectivity index (χ2v) is 15.5. The van der Waals surface area contributed by atoms with Gasteiger partial charge in [0.1, 0.15) is 11.2 Å². The van der Waals surface area contributed by atoms with Crippen LogP contribution in [0.15, 0.2) is 192 Å². The summed E-state index contributed by atoms with van der Waals surface area (Å²) in [4.78, 5) is 14.9. The number of benzene rings is 8. The molecule has 0 aliphatic rings. The van der Waals surface area contributed by atoms with E-state index < -0.39 is 0 Å². The first-order valence-electron chi connectivity index (χ1n) is 20.7. The molecule has 286 valence electrons. The van der Waals surface area contributed by atoms with E-state index in [1.165, 1.54) is 34.6 Å². The van der Waals surface area contributed by atoms with E-state index in [1.807, 2.05) is 60.7 Å². The van der Waals surface area contributed by atoms with E-state index in [9.17, 15) is 0 Å². The first-order chi connectivity index (χ1) is 29.7. The van der Waals surface area contributed by atoms with Gasteiger partial charge in [0.15, 0.2) is 17.5 Å². The quantitative estimate of drug-likeness (QED) is 0.147. The number of hydrogen-bond acceptors (Lipinski definition) is 4. The van der Waals surface area contributed by atoms with Gasteiger partial charge in [-0.25, -0.2) is 15.0 Å². The maximum Gasteiger partial charge on any atom is 0.164 e. The molecule has 0 fully saturated rings. The number of furan rings is 1. The van der Waals surface area contributed by atoms with Crippen LogP contribution >= 0.6 is 0 Å². The first-order valence-corrected chi connectivity index (χ1v) is 20.7. The topological polar surface area (TPSA) is 56.7 Å². The molecule has 3 heterocycles. The van der Waals surface area contributed by atoms with Crippen molar-refractivity contribution in [1.82, 2.24) is 19.5 Å². The molecule has 3 aromatic heterocycles. The van der Waals surface area contributed by atoms with Gasteiger partial charge in [0, 0.05) is 43.9 Å². The number of fused-ring (bicyclic) bond motifs is 6. The Kier molecular flexibility index (Phi) is 8.85. The number of hydrogen-bond donors (Lipinski definition) is 0. The van der Waals surface area contributed by atoms with Crippen molar-refractivity contribution in [2.24, 2.45) is 0 Å². The third-order valence-corrected chi connectivity index (χ3v) is 11.6. The van der Waals surface area contributed by atoms with Crippen LogP contribution in [0.3, 0.4) is 0 Å². The standard InChI is InChI=1S/C55H40N4O/c1-2-3-14-36-25-28-47-48-30-27-42(35-52(48)60-51(47)31-36)41-26-29-46-45-23-10-11-24-49(45)59(50(46)34-41)44-22-13-20-40(33-44)39-19-12-21-43(32-39)55-57-53(37-15-6-4-7-16-37)56-54(58-55)38-17-8-5-9-18-38/h4-13,15-35H,2-3,14H2,1H3. The fourth-order valence-corrected chi connectivity index (χ4v) is 8.57. The lowest BCUT2D eigenvalue weighted by Crippen LogP contribution is -2.00. The van der Waals surface area contributed by atoms with E-state index in [0.29, 0.717) is 17.5 Å². The Morgan fingerprint density at radius 3 is 1.67 bits per heavy atom. The fraction of sp³-hybridized carbons (Fsp3) is 0.0727. The van der Waals surface area contributed by atoms with E-state index in [4.69, 9.17) is 19.4 Å². The van der Waals surface area contributed by atoms with Crippen LogP contribution in [-0.4, -0.2) is 19.5 Å². The van der Waals surface area contributed by atoms with Crippen molar-refractivity contribution >= 4 is 43.7 Å². The summed E-state index contributed by atoms with van der Waals surface area (Å²) < 4.78 is 8.88. The molecule has 0 bridgehead atoms. The van der Waals surface area contributed by atoms with Gasteiger partial charge in [-0.15, -0.1) is 0 Å². The first kappa shape index (κ1) is 35.5. The van der Waals surface area contributed by atoms with Crippen LogP contribution in [0.4, 0.5) is 0 Å².